The van der Waals surface area contributed by atoms with Gasteiger partial charge in [0.2, 0.25) is 0 Å². The van der Waals surface area contributed by atoms with Gasteiger partial charge in [0.1, 0.15) is 6.33 Å². The Hall–Kier alpha value is -1.33. The minimum absolute atomic E-state index is 0.500. The second kappa shape index (κ2) is 5.14. The van der Waals surface area contributed by atoms with E-state index in [0.29, 0.717) is 12.0 Å². The van der Waals surface area contributed by atoms with Crippen LogP contribution in [0, 0.1) is 0 Å². The lowest BCUT2D eigenvalue weighted by Crippen LogP contribution is -2.03. The molecule has 2 rings (SSSR count). The number of hydrogen-bond acceptors (Lipinski definition) is 4. The Bertz CT molecular complexity index is 464. The van der Waals surface area contributed by atoms with Crippen molar-refractivity contribution in [3.63, 3.8) is 0 Å². The molecular weight excluding hydrogens is 270 g/mol. The molecule has 0 saturated heterocycles. The van der Waals surface area contributed by atoms with Gasteiger partial charge in [-0.2, -0.15) is 0 Å². The Kier molecular flexibility index (Phi) is 3.58. The van der Waals surface area contributed by atoms with Crippen LogP contribution in [0.5, 0.6) is 0 Å². The van der Waals surface area contributed by atoms with Crippen molar-refractivity contribution >= 4 is 15.9 Å². The van der Waals surface area contributed by atoms with Gasteiger partial charge in [-0.3, -0.25) is 4.98 Å². The fraction of sp³-hybridized carbons (Fsp3) is 0.182. The van der Waals surface area contributed by atoms with Gasteiger partial charge in [0.05, 0.1) is 6.10 Å². The summed E-state index contributed by atoms with van der Waals surface area (Å²) in [5, 5.41) is 9.94. The first-order valence-corrected chi connectivity index (χ1v) is 5.57. The maximum atomic E-state index is 9.94. The van der Waals surface area contributed by atoms with Crippen LogP contribution in [-0.4, -0.2) is 20.1 Å². The second-order valence-corrected chi connectivity index (χ2v) is 4.32. The SMILES string of the molecule is OC(Cc1cncc(Br)c1)c1cncnc1. The van der Waals surface area contributed by atoms with E-state index in [0.717, 1.165) is 10.0 Å². The van der Waals surface area contributed by atoms with Crippen LogP contribution in [0.4, 0.5) is 0 Å². The first-order valence-electron chi connectivity index (χ1n) is 4.78. The standard InChI is InChI=1S/C11H10BrN3O/c12-10-1-8(3-13-6-10)2-11(16)9-4-14-7-15-5-9/h1,3-7,11,16H,2H2. The normalized spacial score (nSPS) is 12.4. The van der Waals surface area contributed by atoms with Crippen molar-refractivity contribution in [3.05, 3.63) is 52.8 Å². The monoisotopic (exact) mass is 279 g/mol. The molecule has 82 valence electrons. The van der Waals surface area contributed by atoms with Crippen molar-refractivity contribution in [1.82, 2.24) is 15.0 Å². The number of nitrogens with zero attached hydrogens (tertiary/aromatic N) is 3. The molecule has 16 heavy (non-hydrogen) atoms. The highest BCUT2D eigenvalue weighted by Crippen LogP contribution is 2.18. The summed E-state index contributed by atoms with van der Waals surface area (Å²) in [5.41, 5.74) is 1.67. The minimum Gasteiger partial charge on any atom is -0.388 e. The molecule has 1 atom stereocenters. The topological polar surface area (TPSA) is 58.9 Å². The molecule has 2 aromatic heterocycles. The summed E-state index contributed by atoms with van der Waals surface area (Å²) in [6.45, 7) is 0. The van der Waals surface area contributed by atoms with Gasteiger partial charge in [-0.05, 0) is 27.6 Å². The van der Waals surface area contributed by atoms with Gasteiger partial charge in [-0.1, -0.05) is 0 Å². The molecule has 2 aromatic rings. The third-order valence-electron chi connectivity index (χ3n) is 2.16. The third-order valence-corrected chi connectivity index (χ3v) is 2.59. The maximum absolute atomic E-state index is 9.94. The number of halogens is 1. The van der Waals surface area contributed by atoms with Crippen molar-refractivity contribution in [2.45, 2.75) is 12.5 Å². The Morgan fingerprint density at radius 1 is 1.12 bits per heavy atom. The van der Waals surface area contributed by atoms with E-state index in [4.69, 9.17) is 0 Å². The molecule has 4 nitrogen and oxygen atoms in total. The van der Waals surface area contributed by atoms with E-state index in [1.165, 1.54) is 6.33 Å². The molecular formula is C11H10BrN3O. The molecule has 0 radical (unpaired) electrons. The van der Waals surface area contributed by atoms with Gasteiger partial charge in [-0.25, -0.2) is 9.97 Å². The number of rotatable bonds is 3. The van der Waals surface area contributed by atoms with Crippen LogP contribution in [0.3, 0.4) is 0 Å². The summed E-state index contributed by atoms with van der Waals surface area (Å²) in [6.07, 6.45) is 8.01. The van der Waals surface area contributed by atoms with Gasteiger partial charge in [0, 0.05) is 41.2 Å². The summed E-state index contributed by atoms with van der Waals surface area (Å²) >= 11 is 3.34. The Labute approximate surface area is 102 Å². The van der Waals surface area contributed by atoms with E-state index in [-0.39, 0.29) is 0 Å². The first-order chi connectivity index (χ1) is 7.75. The maximum Gasteiger partial charge on any atom is 0.115 e. The molecule has 0 spiro atoms. The van der Waals surface area contributed by atoms with Gasteiger partial charge >= 0.3 is 0 Å². The van der Waals surface area contributed by atoms with E-state index in [9.17, 15) is 5.11 Å². The van der Waals surface area contributed by atoms with Gasteiger partial charge < -0.3 is 5.11 Å². The molecule has 2 heterocycles. The van der Waals surface area contributed by atoms with Crippen LogP contribution in [0.1, 0.15) is 17.2 Å². The molecule has 0 fully saturated rings. The van der Waals surface area contributed by atoms with Gasteiger partial charge in [-0.15, -0.1) is 0 Å². The molecule has 0 aliphatic carbocycles. The fourth-order valence-corrected chi connectivity index (χ4v) is 1.80. The zero-order valence-electron chi connectivity index (χ0n) is 8.42. The Morgan fingerprint density at radius 2 is 1.88 bits per heavy atom. The Balaban J connectivity index is 2.11. The minimum atomic E-state index is -0.600. The largest absolute Gasteiger partial charge is 0.388 e. The summed E-state index contributed by atoms with van der Waals surface area (Å²) in [4.78, 5) is 11.8. The average molecular weight is 280 g/mol. The van der Waals surface area contributed by atoms with Crippen molar-refractivity contribution in [2.75, 3.05) is 0 Å². The number of hydrogen-bond donors (Lipinski definition) is 1. The van der Waals surface area contributed by atoms with Crippen LogP contribution in [-0.2, 0) is 6.42 Å². The summed E-state index contributed by atoms with van der Waals surface area (Å²) < 4.78 is 0.904. The summed E-state index contributed by atoms with van der Waals surface area (Å²) in [6, 6.07) is 1.93. The molecule has 1 N–H and O–H groups in total. The Morgan fingerprint density at radius 3 is 2.56 bits per heavy atom. The van der Waals surface area contributed by atoms with Crippen molar-refractivity contribution in [3.8, 4) is 0 Å². The molecule has 0 bridgehead atoms. The van der Waals surface area contributed by atoms with Crippen molar-refractivity contribution in [1.29, 1.82) is 0 Å². The molecule has 0 aliphatic heterocycles. The highest BCUT2D eigenvalue weighted by atomic mass is 79.9. The molecule has 0 amide bonds. The van der Waals surface area contributed by atoms with Crippen LogP contribution in [0.2, 0.25) is 0 Å². The highest BCUT2D eigenvalue weighted by molar-refractivity contribution is 9.10. The number of aromatic nitrogens is 3. The molecule has 1 unspecified atom stereocenters. The first kappa shape index (κ1) is 11.2. The van der Waals surface area contributed by atoms with Crippen LogP contribution < -0.4 is 0 Å². The zero-order chi connectivity index (χ0) is 11.4. The number of aliphatic hydroxyl groups is 1. The van der Waals surface area contributed by atoms with Crippen molar-refractivity contribution in [2.24, 2.45) is 0 Å². The molecule has 0 aromatic carbocycles. The fourth-order valence-electron chi connectivity index (χ4n) is 1.39. The lowest BCUT2D eigenvalue weighted by atomic mass is 10.1. The number of pyridine rings is 1. The van der Waals surface area contributed by atoms with Crippen LogP contribution >= 0.6 is 15.9 Å². The predicted molar refractivity (Wildman–Crippen MR) is 62.6 cm³/mol. The zero-order valence-corrected chi connectivity index (χ0v) is 10.0. The lowest BCUT2D eigenvalue weighted by molar-refractivity contribution is 0.177. The summed E-state index contributed by atoms with van der Waals surface area (Å²) in [5.74, 6) is 0. The highest BCUT2D eigenvalue weighted by Gasteiger charge is 2.09. The van der Waals surface area contributed by atoms with Crippen molar-refractivity contribution < 1.29 is 5.11 Å². The third kappa shape index (κ3) is 2.84. The van der Waals surface area contributed by atoms with E-state index >= 15 is 0 Å². The smallest absolute Gasteiger partial charge is 0.115 e. The summed E-state index contributed by atoms with van der Waals surface area (Å²) in [7, 11) is 0. The quantitative estimate of drug-likeness (QED) is 0.933. The van der Waals surface area contributed by atoms with Crippen LogP contribution in [0.15, 0.2) is 41.7 Å². The van der Waals surface area contributed by atoms with E-state index in [1.807, 2.05) is 6.07 Å². The van der Waals surface area contributed by atoms with E-state index in [2.05, 4.69) is 30.9 Å². The van der Waals surface area contributed by atoms with Crippen LogP contribution in [0.25, 0.3) is 0 Å². The predicted octanol–water partition coefficient (Wildman–Crippen LogP) is 1.91. The van der Waals surface area contributed by atoms with Gasteiger partial charge in [0.25, 0.3) is 0 Å². The average Bonchev–Trinajstić information content (AvgIpc) is 2.30. The number of aliphatic hydroxyl groups excluding tert-OH is 1. The van der Waals surface area contributed by atoms with E-state index < -0.39 is 6.10 Å². The molecule has 5 heteroatoms. The molecule has 0 saturated carbocycles. The second-order valence-electron chi connectivity index (χ2n) is 3.40. The van der Waals surface area contributed by atoms with E-state index in [1.54, 1.807) is 24.8 Å². The molecule has 0 aliphatic rings. The van der Waals surface area contributed by atoms with Gasteiger partial charge in [0.15, 0.2) is 0 Å². The lowest BCUT2D eigenvalue weighted by Gasteiger charge is -2.09.